The van der Waals surface area contributed by atoms with Crippen LogP contribution in [-0.4, -0.2) is 44.6 Å². The molecule has 0 amide bonds. The molecule has 0 radical (unpaired) electrons. The van der Waals surface area contributed by atoms with Crippen molar-refractivity contribution in [1.82, 2.24) is 19.9 Å². The normalized spacial score (nSPS) is 12.5. The average Bonchev–Trinajstić information content (AvgIpc) is 3.40. The number of rotatable bonds is 9. The van der Waals surface area contributed by atoms with Crippen molar-refractivity contribution in [1.29, 1.82) is 0 Å². The number of benzene rings is 1. The summed E-state index contributed by atoms with van der Waals surface area (Å²) < 4.78 is 23.9. The third-order valence-electron chi connectivity index (χ3n) is 4.87. The number of ether oxygens (including phenoxy) is 1. The van der Waals surface area contributed by atoms with Gasteiger partial charge in [0.2, 0.25) is 0 Å². The Morgan fingerprint density at radius 1 is 1.23 bits per heavy atom. The SMILES string of the molecule is Cc1c(OCCN(C)Cc2ccoc2)ccnc1C[S+]([O-])c1nc2ccccc2[nH]1. The first kappa shape index (κ1) is 20.5. The summed E-state index contributed by atoms with van der Waals surface area (Å²) in [6.07, 6.45) is 5.12. The van der Waals surface area contributed by atoms with Gasteiger partial charge in [0.1, 0.15) is 12.4 Å². The van der Waals surface area contributed by atoms with Crippen LogP contribution in [0.4, 0.5) is 0 Å². The number of aromatic nitrogens is 3. The molecular formula is C22H24N4O3S. The van der Waals surface area contributed by atoms with Crippen LogP contribution in [0, 0.1) is 6.92 Å². The number of likely N-dealkylation sites (N-methyl/N-ethyl adjacent to an activating group) is 1. The lowest BCUT2D eigenvalue weighted by atomic mass is 10.2. The number of fused-ring (bicyclic) bond motifs is 1. The summed E-state index contributed by atoms with van der Waals surface area (Å²) in [5, 5.41) is 0.463. The summed E-state index contributed by atoms with van der Waals surface area (Å²) in [6, 6.07) is 11.5. The molecule has 0 aliphatic rings. The molecule has 8 heteroatoms. The van der Waals surface area contributed by atoms with Crippen molar-refractivity contribution in [2.45, 2.75) is 24.4 Å². The highest BCUT2D eigenvalue weighted by Crippen LogP contribution is 2.24. The Bertz CT molecular complexity index is 1060. The Morgan fingerprint density at radius 2 is 2.10 bits per heavy atom. The van der Waals surface area contributed by atoms with Crippen LogP contribution in [0.1, 0.15) is 16.8 Å². The van der Waals surface area contributed by atoms with Crippen LogP contribution in [0.25, 0.3) is 11.0 Å². The molecule has 1 unspecified atom stereocenters. The number of nitrogens with one attached hydrogen (secondary N) is 1. The molecular weight excluding hydrogens is 400 g/mol. The van der Waals surface area contributed by atoms with Gasteiger partial charge in [-0.25, -0.2) is 0 Å². The van der Waals surface area contributed by atoms with Gasteiger partial charge in [-0.15, -0.1) is 0 Å². The Hall–Kier alpha value is -2.81. The van der Waals surface area contributed by atoms with Crippen molar-refractivity contribution >= 4 is 22.2 Å². The molecule has 4 aromatic rings. The molecule has 3 heterocycles. The van der Waals surface area contributed by atoms with Crippen molar-refractivity contribution in [3.8, 4) is 5.75 Å². The summed E-state index contributed by atoms with van der Waals surface area (Å²) >= 11 is -1.32. The topological polar surface area (TPSA) is 90.2 Å². The second-order valence-corrected chi connectivity index (χ2v) is 8.51. The van der Waals surface area contributed by atoms with E-state index in [4.69, 9.17) is 9.15 Å². The van der Waals surface area contributed by atoms with E-state index in [1.54, 1.807) is 18.7 Å². The second-order valence-electron chi connectivity index (χ2n) is 7.15. The molecule has 0 fully saturated rings. The molecule has 30 heavy (non-hydrogen) atoms. The number of para-hydroxylation sites is 2. The molecule has 1 aromatic carbocycles. The van der Waals surface area contributed by atoms with Crippen molar-refractivity contribution in [2.75, 3.05) is 20.2 Å². The molecule has 0 aliphatic carbocycles. The van der Waals surface area contributed by atoms with Gasteiger partial charge in [-0.1, -0.05) is 12.1 Å². The van der Waals surface area contributed by atoms with Crippen LogP contribution < -0.4 is 4.74 Å². The molecule has 4 rings (SSSR count). The van der Waals surface area contributed by atoms with Gasteiger partial charge in [0, 0.05) is 41.6 Å². The number of aromatic amines is 1. The zero-order chi connectivity index (χ0) is 20.9. The molecule has 0 bridgehead atoms. The third-order valence-corrected chi connectivity index (χ3v) is 6.03. The smallest absolute Gasteiger partial charge is 0.322 e. The van der Waals surface area contributed by atoms with Gasteiger partial charge in [0.15, 0.2) is 5.75 Å². The van der Waals surface area contributed by atoms with E-state index in [0.717, 1.165) is 46.7 Å². The number of imidazole rings is 1. The third kappa shape index (κ3) is 4.84. The number of hydrogen-bond donors (Lipinski definition) is 1. The molecule has 1 N–H and O–H groups in total. The highest BCUT2D eigenvalue weighted by atomic mass is 32.2. The van der Waals surface area contributed by atoms with Crippen molar-refractivity contribution < 1.29 is 13.7 Å². The fourth-order valence-corrected chi connectivity index (χ4v) is 4.28. The van der Waals surface area contributed by atoms with Gasteiger partial charge in [0.25, 0.3) is 0 Å². The van der Waals surface area contributed by atoms with Gasteiger partial charge in [0.05, 0.1) is 29.3 Å². The van der Waals surface area contributed by atoms with E-state index in [2.05, 4.69) is 19.9 Å². The Labute approximate surface area is 178 Å². The first-order valence-electron chi connectivity index (χ1n) is 9.70. The highest BCUT2D eigenvalue weighted by molar-refractivity contribution is 7.90. The lowest BCUT2D eigenvalue weighted by molar-refractivity contribution is 0.231. The maximum Gasteiger partial charge on any atom is 0.322 e. The monoisotopic (exact) mass is 424 g/mol. The zero-order valence-corrected chi connectivity index (χ0v) is 17.8. The van der Waals surface area contributed by atoms with E-state index < -0.39 is 11.2 Å². The summed E-state index contributed by atoms with van der Waals surface area (Å²) in [6.45, 7) is 4.07. The average molecular weight is 425 g/mol. The number of H-pyrrole nitrogens is 1. The van der Waals surface area contributed by atoms with E-state index in [9.17, 15) is 4.55 Å². The van der Waals surface area contributed by atoms with Gasteiger partial charge >= 0.3 is 5.16 Å². The highest BCUT2D eigenvalue weighted by Gasteiger charge is 2.20. The quantitative estimate of drug-likeness (QED) is 0.412. The number of furan rings is 1. The molecule has 3 aromatic heterocycles. The van der Waals surface area contributed by atoms with Crippen LogP contribution in [0.5, 0.6) is 5.75 Å². The predicted octanol–water partition coefficient (Wildman–Crippen LogP) is 3.68. The summed E-state index contributed by atoms with van der Waals surface area (Å²) in [5.41, 5.74) is 4.47. The minimum absolute atomic E-state index is 0.281. The summed E-state index contributed by atoms with van der Waals surface area (Å²) in [4.78, 5) is 14.1. The maximum atomic E-state index is 12.8. The first-order chi connectivity index (χ1) is 14.6. The second kappa shape index (κ2) is 9.34. The summed E-state index contributed by atoms with van der Waals surface area (Å²) in [7, 11) is 2.04. The molecule has 156 valence electrons. The van der Waals surface area contributed by atoms with E-state index in [1.807, 2.05) is 50.4 Å². The fourth-order valence-electron chi connectivity index (χ4n) is 3.18. The largest absolute Gasteiger partial charge is 0.609 e. The lowest BCUT2D eigenvalue weighted by Crippen LogP contribution is -2.23. The molecule has 0 spiro atoms. The molecule has 7 nitrogen and oxygen atoms in total. The molecule has 0 aliphatic heterocycles. The van der Waals surface area contributed by atoms with Crippen LogP contribution in [0.3, 0.4) is 0 Å². The predicted molar refractivity (Wildman–Crippen MR) is 116 cm³/mol. The van der Waals surface area contributed by atoms with Crippen LogP contribution in [0.15, 0.2) is 64.7 Å². The standard InChI is InChI=1S/C22H24N4O3S/c1-16-20(15-30(27)22-24-18-5-3-4-6-19(18)25-22)23-9-7-21(16)29-12-10-26(2)13-17-8-11-28-14-17/h3-9,11,14H,10,12-13,15H2,1-2H3,(H,24,25). The minimum Gasteiger partial charge on any atom is -0.609 e. The number of pyridine rings is 1. The van der Waals surface area contributed by atoms with Crippen LogP contribution in [-0.2, 0) is 23.5 Å². The molecule has 1 atom stereocenters. The van der Waals surface area contributed by atoms with Crippen molar-refractivity contribution in [3.63, 3.8) is 0 Å². The lowest BCUT2D eigenvalue weighted by Gasteiger charge is -2.17. The van der Waals surface area contributed by atoms with Crippen molar-refractivity contribution in [2.24, 2.45) is 0 Å². The first-order valence-corrected chi connectivity index (χ1v) is 11.0. The Kier molecular flexibility index (Phi) is 6.37. The van der Waals surface area contributed by atoms with E-state index in [-0.39, 0.29) is 5.75 Å². The number of nitrogens with zero attached hydrogens (tertiary/aromatic N) is 3. The van der Waals surface area contributed by atoms with E-state index >= 15 is 0 Å². The van der Waals surface area contributed by atoms with Gasteiger partial charge < -0.3 is 13.7 Å². The van der Waals surface area contributed by atoms with Crippen LogP contribution >= 0.6 is 0 Å². The zero-order valence-electron chi connectivity index (χ0n) is 17.0. The molecule has 0 saturated heterocycles. The number of hydrogen-bond acceptors (Lipinski definition) is 6. The Morgan fingerprint density at radius 3 is 2.90 bits per heavy atom. The Balaban J connectivity index is 1.36. The maximum absolute atomic E-state index is 12.8. The van der Waals surface area contributed by atoms with Crippen LogP contribution in [0.2, 0.25) is 0 Å². The molecule has 0 saturated carbocycles. The van der Waals surface area contributed by atoms with E-state index in [0.29, 0.717) is 11.8 Å². The van der Waals surface area contributed by atoms with E-state index in [1.165, 1.54) is 0 Å². The van der Waals surface area contributed by atoms with Gasteiger partial charge in [-0.3, -0.25) is 14.9 Å². The fraction of sp³-hybridized carbons (Fsp3) is 0.273. The van der Waals surface area contributed by atoms with Crippen molar-refractivity contribution in [3.05, 3.63) is 71.9 Å². The van der Waals surface area contributed by atoms with Gasteiger partial charge in [-0.05, 0) is 38.2 Å². The summed E-state index contributed by atoms with van der Waals surface area (Å²) in [5.74, 6) is 1.04. The van der Waals surface area contributed by atoms with Gasteiger partial charge in [-0.2, -0.15) is 4.98 Å². The minimum atomic E-state index is -1.32.